The Morgan fingerprint density at radius 1 is 1.33 bits per heavy atom. The van der Waals surface area contributed by atoms with Gasteiger partial charge in [-0.1, -0.05) is 11.6 Å². The molecule has 0 unspecified atom stereocenters. The van der Waals surface area contributed by atoms with Gasteiger partial charge < -0.3 is 14.4 Å². The zero-order valence-electron chi connectivity index (χ0n) is 14.8. The maximum absolute atomic E-state index is 13.0. The van der Waals surface area contributed by atoms with Crippen molar-refractivity contribution in [1.82, 2.24) is 9.88 Å². The molecule has 2 rings (SSSR count). The van der Waals surface area contributed by atoms with Gasteiger partial charge in [0.2, 0.25) is 0 Å². The van der Waals surface area contributed by atoms with Gasteiger partial charge in [0, 0.05) is 25.3 Å². The lowest BCUT2D eigenvalue weighted by molar-refractivity contribution is -0.137. The number of rotatable bonds is 6. The highest BCUT2D eigenvalue weighted by Crippen LogP contribution is 2.38. The van der Waals surface area contributed by atoms with Gasteiger partial charge in [-0.25, -0.2) is 9.98 Å². The molecule has 27 heavy (non-hydrogen) atoms. The molecule has 0 aliphatic heterocycles. The van der Waals surface area contributed by atoms with E-state index in [9.17, 15) is 13.2 Å². The van der Waals surface area contributed by atoms with E-state index in [4.69, 9.17) is 28.9 Å². The van der Waals surface area contributed by atoms with Crippen LogP contribution in [0.2, 0.25) is 5.02 Å². The number of pyridine rings is 1. The first-order valence-electron chi connectivity index (χ1n) is 7.79. The molecule has 0 aliphatic carbocycles. The Kier molecular flexibility index (Phi) is 6.59. The molecular weight excluding hydrogens is 381 g/mol. The SMILES string of the molecule is [B]c1nc(Oc2ccc(Cl)c(C(F)(F)F)c2)c(OC)cc1N=CN(C)CC. The zero-order valence-corrected chi connectivity index (χ0v) is 15.6. The molecule has 1 aromatic heterocycles. The molecule has 0 aliphatic rings. The Morgan fingerprint density at radius 3 is 2.63 bits per heavy atom. The van der Waals surface area contributed by atoms with E-state index in [1.54, 1.807) is 6.34 Å². The summed E-state index contributed by atoms with van der Waals surface area (Å²) in [6.07, 6.45) is -3.04. The highest BCUT2D eigenvalue weighted by Gasteiger charge is 2.33. The molecule has 0 fully saturated rings. The van der Waals surface area contributed by atoms with Crippen molar-refractivity contribution in [2.75, 3.05) is 20.7 Å². The van der Waals surface area contributed by atoms with Crippen molar-refractivity contribution in [3.63, 3.8) is 0 Å². The van der Waals surface area contributed by atoms with Crippen molar-refractivity contribution in [3.05, 3.63) is 34.9 Å². The van der Waals surface area contributed by atoms with Crippen molar-refractivity contribution in [2.45, 2.75) is 13.1 Å². The van der Waals surface area contributed by atoms with Crippen LogP contribution in [0.1, 0.15) is 12.5 Å². The molecule has 0 atom stereocenters. The Labute approximate surface area is 161 Å². The summed E-state index contributed by atoms with van der Waals surface area (Å²) in [4.78, 5) is 10.1. The van der Waals surface area contributed by atoms with E-state index in [1.807, 2.05) is 18.9 Å². The number of methoxy groups -OCH3 is 1. The minimum absolute atomic E-state index is 0.0385. The number of aromatic nitrogens is 1. The monoisotopic (exact) mass is 397 g/mol. The van der Waals surface area contributed by atoms with Crippen LogP contribution in [0.5, 0.6) is 17.4 Å². The normalized spacial score (nSPS) is 11.7. The van der Waals surface area contributed by atoms with Crippen molar-refractivity contribution < 1.29 is 22.6 Å². The smallest absolute Gasteiger partial charge is 0.417 e. The van der Waals surface area contributed by atoms with Crippen LogP contribution < -0.4 is 15.1 Å². The van der Waals surface area contributed by atoms with Crippen molar-refractivity contribution in [1.29, 1.82) is 0 Å². The molecule has 0 amide bonds. The van der Waals surface area contributed by atoms with Gasteiger partial charge in [-0.2, -0.15) is 13.2 Å². The number of nitrogens with zero attached hydrogens (tertiary/aromatic N) is 3. The first kappa shape index (κ1) is 20.9. The quantitative estimate of drug-likeness (QED) is 0.420. The van der Waals surface area contributed by atoms with E-state index in [0.717, 1.165) is 18.7 Å². The Morgan fingerprint density at radius 2 is 2.04 bits per heavy atom. The summed E-state index contributed by atoms with van der Waals surface area (Å²) in [5.74, 6) is -0.0360. The van der Waals surface area contributed by atoms with Gasteiger partial charge in [-0.3, -0.25) is 0 Å². The lowest BCUT2D eigenvalue weighted by Gasteiger charge is -2.14. The summed E-state index contributed by atoms with van der Waals surface area (Å²) < 4.78 is 49.6. The van der Waals surface area contributed by atoms with Crippen LogP contribution in [-0.4, -0.2) is 44.8 Å². The lowest BCUT2D eigenvalue weighted by atomic mass is 10.0. The second kappa shape index (κ2) is 8.52. The molecular formula is C17H16BClF3N3O2. The Hall–Kier alpha value is -2.42. The Balaban J connectivity index is 2.37. The van der Waals surface area contributed by atoms with E-state index in [0.29, 0.717) is 5.69 Å². The fraction of sp³-hybridized carbons (Fsp3) is 0.294. The molecule has 2 radical (unpaired) electrons. The third kappa shape index (κ3) is 5.29. The molecule has 1 aromatic carbocycles. The van der Waals surface area contributed by atoms with Crippen LogP contribution in [0, 0.1) is 0 Å². The number of halogens is 4. The third-order valence-electron chi connectivity index (χ3n) is 3.53. The maximum Gasteiger partial charge on any atom is 0.417 e. The van der Waals surface area contributed by atoms with Crippen molar-refractivity contribution in [2.24, 2.45) is 4.99 Å². The molecule has 5 nitrogen and oxygen atoms in total. The average molecular weight is 398 g/mol. The number of aliphatic imine (C=N–C) groups is 1. The average Bonchev–Trinajstić information content (AvgIpc) is 2.61. The molecule has 0 spiro atoms. The second-order valence-corrected chi connectivity index (χ2v) is 5.87. The number of hydrogen-bond donors (Lipinski definition) is 0. The summed E-state index contributed by atoms with van der Waals surface area (Å²) in [6, 6.07) is 4.64. The first-order valence-corrected chi connectivity index (χ1v) is 8.17. The highest BCUT2D eigenvalue weighted by atomic mass is 35.5. The van der Waals surface area contributed by atoms with Gasteiger partial charge >= 0.3 is 6.18 Å². The molecule has 0 saturated heterocycles. The molecule has 1 heterocycles. The molecule has 0 bridgehead atoms. The summed E-state index contributed by atoms with van der Waals surface area (Å²) in [5, 5.41) is -0.431. The fourth-order valence-corrected chi connectivity index (χ4v) is 2.17. The highest BCUT2D eigenvalue weighted by molar-refractivity contribution is 6.34. The van der Waals surface area contributed by atoms with Crippen LogP contribution in [0.25, 0.3) is 0 Å². The number of hydrogen-bond acceptors (Lipinski definition) is 4. The van der Waals surface area contributed by atoms with Crippen LogP contribution in [0.3, 0.4) is 0 Å². The van der Waals surface area contributed by atoms with Gasteiger partial charge in [-0.05, 0) is 25.1 Å². The molecule has 142 valence electrons. The van der Waals surface area contributed by atoms with Crippen LogP contribution in [0.4, 0.5) is 18.9 Å². The molecule has 2 aromatic rings. The largest absolute Gasteiger partial charge is 0.491 e. The van der Waals surface area contributed by atoms with Gasteiger partial charge in [-0.15, -0.1) is 0 Å². The zero-order chi connectivity index (χ0) is 20.2. The second-order valence-electron chi connectivity index (χ2n) is 5.46. The minimum atomic E-state index is -4.61. The summed E-state index contributed by atoms with van der Waals surface area (Å²) in [6.45, 7) is 2.69. The predicted octanol–water partition coefficient (Wildman–Crippen LogP) is 3.96. The molecule has 0 saturated carbocycles. The first-order chi connectivity index (χ1) is 12.7. The number of alkyl halides is 3. The summed E-state index contributed by atoms with van der Waals surface area (Å²) in [7, 11) is 9.07. The van der Waals surface area contributed by atoms with E-state index >= 15 is 0 Å². The van der Waals surface area contributed by atoms with Crippen LogP contribution in [-0.2, 0) is 6.18 Å². The predicted molar refractivity (Wildman–Crippen MR) is 99.2 cm³/mol. The van der Waals surface area contributed by atoms with E-state index in [1.165, 1.54) is 19.2 Å². The lowest BCUT2D eigenvalue weighted by Crippen LogP contribution is -2.16. The summed E-state index contributed by atoms with van der Waals surface area (Å²) in [5.41, 5.74) is -0.638. The van der Waals surface area contributed by atoms with Crippen molar-refractivity contribution in [3.8, 4) is 17.4 Å². The molecule has 0 N–H and O–H groups in total. The van der Waals surface area contributed by atoms with Gasteiger partial charge in [0.1, 0.15) is 13.6 Å². The number of ether oxygens (including phenoxy) is 2. The molecule has 10 heteroatoms. The number of benzene rings is 1. The van der Waals surface area contributed by atoms with Gasteiger partial charge in [0.15, 0.2) is 5.75 Å². The Bertz CT molecular complexity index is 847. The summed E-state index contributed by atoms with van der Waals surface area (Å²) >= 11 is 5.60. The van der Waals surface area contributed by atoms with Crippen molar-refractivity contribution >= 4 is 37.1 Å². The topological polar surface area (TPSA) is 47.0 Å². The fourth-order valence-electron chi connectivity index (χ4n) is 1.94. The van der Waals surface area contributed by atoms with Gasteiger partial charge in [0.05, 0.1) is 29.7 Å². The standard InChI is InChI=1S/C17H16BClF3N3O2/c1-4-25(2)9-23-13-8-14(26-3)16(24-15(13)18)27-10-5-6-12(19)11(7-10)17(20,21)22/h5-9H,4H2,1-3H3. The minimum Gasteiger partial charge on any atom is -0.491 e. The van der Waals surface area contributed by atoms with E-state index < -0.39 is 16.8 Å². The van der Waals surface area contributed by atoms with E-state index in [2.05, 4.69) is 9.98 Å². The van der Waals surface area contributed by atoms with Gasteiger partial charge in [0.25, 0.3) is 5.88 Å². The van der Waals surface area contributed by atoms with Crippen LogP contribution in [0.15, 0.2) is 29.3 Å². The van der Waals surface area contributed by atoms with Crippen LogP contribution >= 0.6 is 11.6 Å². The third-order valence-corrected chi connectivity index (χ3v) is 3.86. The van der Waals surface area contributed by atoms with E-state index in [-0.39, 0.29) is 23.0 Å². The maximum atomic E-state index is 13.0.